The summed E-state index contributed by atoms with van der Waals surface area (Å²) < 4.78 is 0. The molecule has 2 N–H and O–H groups in total. The molecular formula is C19H33N5. The van der Waals surface area contributed by atoms with Crippen molar-refractivity contribution in [3.05, 3.63) is 30.1 Å². The molecule has 24 heavy (non-hydrogen) atoms. The molecule has 2 atom stereocenters. The number of pyridine rings is 1. The van der Waals surface area contributed by atoms with E-state index in [2.05, 4.69) is 47.4 Å². The molecule has 2 unspecified atom stereocenters. The molecule has 0 aromatic carbocycles. The van der Waals surface area contributed by atoms with Crippen LogP contribution in [-0.2, 0) is 6.42 Å². The SMILES string of the molecule is CCNC(=NCC(C)N1CCCC(C)C1)NCCc1ccccn1. The molecule has 2 heterocycles. The predicted molar refractivity (Wildman–Crippen MR) is 101 cm³/mol. The number of nitrogens with one attached hydrogen (secondary N) is 2. The first-order valence-corrected chi connectivity index (χ1v) is 9.35. The Morgan fingerprint density at radius 1 is 1.42 bits per heavy atom. The summed E-state index contributed by atoms with van der Waals surface area (Å²) in [6.45, 7) is 11.7. The van der Waals surface area contributed by atoms with E-state index in [0.717, 1.165) is 43.6 Å². The number of hydrogen-bond donors (Lipinski definition) is 2. The summed E-state index contributed by atoms with van der Waals surface area (Å²) in [5.74, 6) is 1.72. The molecule has 5 nitrogen and oxygen atoms in total. The van der Waals surface area contributed by atoms with Crippen molar-refractivity contribution in [1.82, 2.24) is 20.5 Å². The van der Waals surface area contributed by atoms with Crippen molar-refractivity contribution >= 4 is 5.96 Å². The largest absolute Gasteiger partial charge is 0.357 e. The van der Waals surface area contributed by atoms with Gasteiger partial charge in [0.25, 0.3) is 0 Å². The predicted octanol–water partition coefficient (Wildman–Crippen LogP) is 2.30. The molecule has 1 saturated heterocycles. The van der Waals surface area contributed by atoms with Gasteiger partial charge in [-0.25, -0.2) is 0 Å². The summed E-state index contributed by atoms with van der Waals surface area (Å²) >= 11 is 0. The van der Waals surface area contributed by atoms with E-state index in [0.29, 0.717) is 6.04 Å². The first kappa shape index (κ1) is 18.7. The van der Waals surface area contributed by atoms with Crippen molar-refractivity contribution in [2.45, 2.75) is 46.1 Å². The zero-order chi connectivity index (χ0) is 17.2. The van der Waals surface area contributed by atoms with Crippen LogP contribution in [0.15, 0.2) is 29.4 Å². The van der Waals surface area contributed by atoms with Gasteiger partial charge in [0.2, 0.25) is 0 Å². The Balaban J connectivity index is 1.78. The van der Waals surface area contributed by atoms with Crippen LogP contribution in [0.3, 0.4) is 0 Å². The van der Waals surface area contributed by atoms with Gasteiger partial charge in [-0.3, -0.25) is 14.9 Å². The monoisotopic (exact) mass is 331 g/mol. The topological polar surface area (TPSA) is 52.6 Å². The van der Waals surface area contributed by atoms with Gasteiger partial charge >= 0.3 is 0 Å². The van der Waals surface area contributed by atoms with Gasteiger partial charge in [-0.15, -0.1) is 0 Å². The van der Waals surface area contributed by atoms with Crippen LogP contribution in [0.25, 0.3) is 0 Å². The zero-order valence-corrected chi connectivity index (χ0v) is 15.5. The highest BCUT2D eigenvalue weighted by molar-refractivity contribution is 5.79. The Kier molecular flexibility index (Phi) is 8.02. The van der Waals surface area contributed by atoms with Crippen LogP contribution in [-0.4, -0.2) is 54.6 Å². The van der Waals surface area contributed by atoms with Gasteiger partial charge in [0.1, 0.15) is 0 Å². The Morgan fingerprint density at radius 2 is 2.29 bits per heavy atom. The molecule has 0 aliphatic carbocycles. The second kappa shape index (κ2) is 10.3. The van der Waals surface area contributed by atoms with Gasteiger partial charge in [-0.05, 0) is 51.3 Å². The minimum atomic E-state index is 0.499. The van der Waals surface area contributed by atoms with Crippen LogP contribution in [0.4, 0.5) is 0 Å². The normalized spacial score (nSPS) is 20.6. The lowest BCUT2D eigenvalue weighted by atomic mass is 9.99. The van der Waals surface area contributed by atoms with E-state index in [4.69, 9.17) is 4.99 Å². The molecule has 0 bridgehead atoms. The first-order valence-electron chi connectivity index (χ1n) is 9.35. The molecule has 1 aliphatic rings. The molecule has 2 rings (SSSR count). The number of nitrogens with zero attached hydrogens (tertiary/aromatic N) is 3. The fourth-order valence-corrected chi connectivity index (χ4v) is 3.16. The van der Waals surface area contributed by atoms with E-state index in [9.17, 15) is 0 Å². The van der Waals surface area contributed by atoms with Crippen LogP contribution in [0, 0.1) is 5.92 Å². The summed E-state index contributed by atoms with van der Waals surface area (Å²) in [6.07, 6.45) is 5.43. The van der Waals surface area contributed by atoms with Crippen molar-refractivity contribution in [2.75, 3.05) is 32.7 Å². The molecule has 0 saturated carbocycles. The van der Waals surface area contributed by atoms with Gasteiger partial charge < -0.3 is 10.6 Å². The minimum Gasteiger partial charge on any atom is -0.357 e. The van der Waals surface area contributed by atoms with Crippen LogP contribution in [0.5, 0.6) is 0 Å². The molecule has 0 amide bonds. The van der Waals surface area contributed by atoms with E-state index in [1.165, 1.54) is 25.9 Å². The number of hydrogen-bond acceptors (Lipinski definition) is 3. The lowest BCUT2D eigenvalue weighted by Gasteiger charge is -2.35. The maximum Gasteiger partial charge on any atom is 0.191 e. The number of likely N-dealkylation sites (tertiary alicyclic amines) is 1. The number of rotatable bonds is 7. The number of guanidine groups is 1. The second-order valence-corrected chi connectivity index (χ2v) is 6.81. The fourth-order valence-electron chi connectivity index (χ4n) is 3.16. The summed E-state index contributed by atoms with van der Waals surface area (Å²) in [7, 11) is 0. The molecule has 0 spiro atoms. The van der Waals surface area contributed by atoms with E-state index < -0.39 is 0 Å². The number of aromatic nitrogens is 1. The highest BCUT2D eigenvalue weighted by Gasteiger charge is 2.20. The number of piperidine rings is 1. The molecule has 1 aliphatic heterocycles. The quantitative estimate of drug-likeness (QED) is 0.595. The zero-order valence-electron chi connectivity index (χ0n) is 15.5. The third-order valence-corrected chi connectivity index (χ3v) is 4.57. The highest BCUT2D eigenvalue weighted by Crippen LogP contribution is 2.17. The highest BCUT2D eigenvalue weighted by atomic mass is 15.2. The molecule has 1 aromatic heterocycles. The summed E-state index contributed by atoms with van der Waals surface area (Å²) in [4.78, 5) is 11.7. The summed E-state index contributed by atoms with van der Waals surface area (Å²) in [6, 6.07) is 6.54. The van der Waals surface area contributed by atoms with E-state index in [1.807, 2.05) is 18.3 Å². The molecule has 1 aromatic rings. The lowest BCUT2D eigenvalue weighted by Crippen LogP contribution is -2.43. The van der Waals surface area contributed by atoms with Gasteiger partial charge in [0, 0.05) is 44.0 Å². The Labute approximate surface area is 147 Å². The first-order chi connectivity index (χ1) is 11.7. The molecule has 134 valence electrons. The molecular weight excluding hydrogens is 298 g/mol. The summed E-state index contributed by atoms with van der Waals surface area (Å²) in [5.41, 5.74) is 1.11. The minimum absolute atomic E-state index is 0.499. The fraction of sp³-hybridized carbons (Fsp3) is 0.684. The van der Waals surface area contributed by atoms with E-state index in [-0.39, 0.29) is 0 Å². The Bertz CT molecular complexity index is 488. The van der Waals surface area contributed by atoms with Crippen molar-refractivity contribution in [3.8, 4) is 0 Å². The third kappa shape index (κ3) is 6.48. The average molecular weight is 332 g/mol. The van der Waals surface area contributed by atoms with Crippen LogP contribution >= 0.6 is 0 Å². The van der Waals surface area contributed by atoms with Crippen LogP contribution < -0.4 is 10.6 Å². The second-order valence-electron chi connectivity index (χ2n) is 6.81. The Hall–Kier alpha value is -1.62. The molecule has 0 radical (unpaired) electrons. The molecule has 1 fully saturated rings. The smallest absolute Gasteiger partial charge is 0.191 e. The maximum atomic E-state index is 4.78. The number of aliphatic imine (C=N–C) groups is 1. The van der Waals surface area contributed by atoms with Gasteiger partial charge in [-0.2, -0.15) is 0 Å². The van der Waals surface area contributed by atoms with Crippen molar-refractivity contribution in [2.24, 2.45) is 10.9 Å². The van der Waals surface area contributed by atoms with Crippen molar-refractivity contribution in [3.63, 3.8) is 0 Å². The van der Waals surface area contributed by atoms with Crippen LogP contribution in [0.1, 0.15) is 39.3 Å². The van der Waals surface area contributed by atoms with Crippen molar-refractivity contribution in [1.29, 1.82) is 0 Å². The van der Waals surface area contributed by atoms with E-state index in [1.54, 1.807) is 0 Å². The maximum absolute atomic E-state index is 4.78. The van der Waals surface area contributed by atoms with Gasteiger partial charge in [0.15, 0.2) is 5.96 Å². The average Bonchev–Trinajstić information content (AvgIpc) is 2.60. The third-order valence-electron chi connectivity index (χ3n) is 4.57. The van der Waals surface area contributed by atoms with Gasteiger partial charge in [-0.1, -0.05) is 13.0 Å². The van der Waals surface area contributed by atoms with E-state index >= 15 is 0 Å². The molecule has 5 heteroatoms. The van der Waals surface area contributed by atoms with Gasteiger partial charge in [0.05, 0.1) is 6.54 Å². The summed E-state index contributed by atoms with van der Waals surface area (Å²) in [5, 5.41) is 6.75. The van der Waals surface area contributed by atoms with Crippen LogP contribution in [0.2, 0.25) is 0 Å². The Morgan fingerprint density at radius 3 is 3.00 bits per heavy atom. The van der Waals surface area contributed by atoms with Crippen molar-refractivity contribution < 1.29 is 0 Å². The lowest BCUT2D eigenvalue weighted by molar-refractivity contribution is 0.142. The standard InChI is InChI=1S/C19H33N5/c1-4-20-19(22-12-10-18-9-5-6-11-21-18)23-14-17(3)24-13-7-8-16(2)15-24/h5-6,9,11,16-17H,4,7-8,10,12-15H2,1-3H3,(H2,20,22,23).